The summed E-state index contributed by atoms with van der Waals surface area (Å²) in [7, 11) is 1.82. The molecule has 1 aromatic heterocycles. The smallest absolute Gasteiger partial charge is 0.224 e. The molecule has 0 aliphatic heterocycles. The predicted octanol–water partition coefficient (Wildman–Crippen LogP) is 3.12. The zero-order valence-electron chi connectivity index (χ0n) is 14.3. The fraction of sp³-hybridized carbons (Fsp3) is 0.353. The molecule has 1 aromatic carbocycles. The van der Waals surface area contributed by atoms with Crippen molar-refractivity contribution >= 4 is 29.1 Å². The normalized spacial score (nSPS) is 11.9. The minimum atomic E-state index is -0.557. The molecule has 0 bridgehead atoms. The lowest BCUT2D eigenvalue weighted by molar-refractivity contribution is -0.124. The SMILES string of the molecule is Cc1nn(C)cc1[C@@H](C)NC(=O)CCC(=O)Nc1ccc(F)c(Cl)c1. The van der Waals surface area contributed by atoms with Gasteiger partial charge in [-0.1, -0.05) is 11.6 Å². The van der Waals surface area contributed by atoms with Gasteiger partial charge in [0.25, 0.3) is 0 Å². The molecule has 2 aromatic rings. The van der Waals surface area contributed by atoms with Crippen molar-refractivity contribution in [2.45, 2.75) is 32.7 Å². The van der Waals surface area contributed by atoms with Crippen molar-refractivity contribution in [3.8, 4) is 0 Å². The quantitative estimate of drug-likeness (QED) is 0.824. The Balaban J connectivity index is 1.81. The molecule has 25 heavy (non-hydrogen) atoms. The van der Waals surface area contributed by atoms with Crippen LogP contribution in [0.5, 0.6) is 0 Å². The van der Waals surface area contributed by atoms with Gasteiger partial charge < -0.3 is 10.6 Å². The second-order valence-electron chi connectivity index (χ2n) is 5.81. The van der Waals surface area contributed by atoms with E-state index in [4.69, 9.17) is 11.6 Å². The maximum atomic E-state index is 13.1. The first kappa shape index (κ1) is 18.9. The molecule has 0 radical (unpaired) electrons. The molecule has 2 rings (SSSR count). The van der Waals surface area contributed by atoms with Crippen molar-refractivity contribution in [2.75, 3.05) is 5.32 Å². The lowest BCUT2D eigenvalue weighted by atomic mass is 10.1. The van der Waals surface area contributed by atoms with E-state index in [-0.39, 0.29) is 35.7 Å². The molecule has 0 fully saturated rings. The van der Waals surface area contributed by atoms with Crippen LogP contribution in [0.1, 0.15) is 37.1 Å². The van der Waals surface area contributed by atoms with E-state index in [1.807, 2.05) is 27.1 Å². The highest BCUT2D eigenvalue weighted by Gasteiger charge is 2.15. The number of rotatable bonds is 6. The highest BCUT2D eigenvalue weighted by Crippen LogP contribution is 2.19. The number of hydrogen-bond acceptors (Lipinski definition) is 3. The third-order valence-electron chi connectivity index (χ3n) is 3.68. The van der Waals surface area contributed by atoms with Crippen molar-refractivity contribution in [1.29, 1.82) is 0 Å². The summed E-state index contributed by atoms with van der Waals surface area (Å²) in [6.07, 6.45) is 1.91. The summed E-state index contributed by atoms with van der Waals surface area (Å²) in [6, 6.07) is 3.71. The maximum absolute atomic E-state index is 13.1. The second-order valence-corrected chi connectivity index (χ2v) is 6.22. The molecule has 8 heteroatoms. The molecule has 0 saturated heterocycles. The van der Waals surface area contributed by atoms with Crippen LogP contribution in [0.15, 0.2) is 24.4 Å². The first-order chi connectivity index (χ1) is 11.8. The van der Waals surface area contributed by atoms with E-state index in [9.17, 15) is 14.0 Å². The van der Waals surface area contributed by atoms with Gasteiger partial charge in [0.15, 0.2) is 0 Å². The summed E-state index contributed by atoms with van der Waals surface area (Å²) in [4.78, 5) is 23.9. The highest BCUT2D eigenvalue weighted by molar-refractivity contribution is 6.31. The van der Waals surface area contributed by atoms with E-state index in [0.717, 1.165) is 11.3 Å². The van der Waals surface area contributed by atoms with Crippen molar-refractivity contribution in [1.82, 2.24) is 15.1 Å². The second kappa shape index (κ2) is 8.11. The Morgan fingerprint density at radius 1 is 1.32 bits per heavy atom. The molecule has 0 spiro atoms. The Morgan fingerprint density at radius 2 is 2.00 bits per heavy atom. The molecule has 1 atom stereocenters. The first-order valence-electron chi connectivity index (χ1n) is 7.80. The summed E-state index contributed by atoms with van der Waals surface area (Å²) in [6.45, 7) is 3.74. The maximum Gasteiger partial charge on any atom is 0.224 e. The number of hydrogen-bond donors (Lipinski definition) is 2. The zero-order valence-corrected chi connectivity index (χ0v) is 15.0. The van der Waals surface area contributed by atoms with Gasteiger partial charge in [-0.2, -0.15) is 5.10 Å². The van der Waals surface area contributed by atoms with E-state index in [0.29, 0.717) is 5.69 Å². The Hall–Kier alpha value is -2.41. The van der Waals surface area contributed by atoms with Crippen LogP contribution < -0.4 is 10.6 Å². The fourth-order valence-corrected chi connectivity index (χ4v) is 2.64. The monoisotopic (exact) mass is 366 g/mol. The van der Waals surface area contributed by atoms with Crippen LogP contribution in [-0.2, 0) is 16.6 Å². The summed E-state index contributed by atoms with van der Waals surface area (Å²) < 4.78 is 14.8. The minimum Gasteiger partial charge on any atom is -0.349 e. The largest absolute Gasteiger partial charge is 0.349 e. The molecule has 0 unspecified atom stereocenters. The number of aryl methyl sites for hydroxylation is 2. The molecule has 1 heterocycles. The van der Waals surface area contributed by atoms with E-state index >= 15 is 0 Å². The number of anilines is 1. The van der Waals surface area contributed by atoms with Crippen molar-refractivity contribution in [3.63, 3.8) is 0 Å². The topological polar surface area (TPSA) is 76.0 Å². The number of nitrogens with zero attached hydrogens (tertiary/aromatic N) is 2. The van der Waals surface area contributed by atoms with E-state index in [1.54, 1.807) is 4.68 Å². The van der Waals surface area contributed by atoms with Gasteiger partial charge in [-0.15, -0.1) is 0 Å². The molecular formula is C17H20ClFN4O2. The summed E-state index contributed by atoms with van der Waals surface area (Å²) >= 11 is 5.66. The van der Waals surface area contributed by atoms with Crippen molar-refractivity contribution in [3.05, 3.63) is 46.5 Å². The van der Waals surface area contributed by atoms with Crippen LogP contribution in [0, 0.1) is 12.7 Å². The average molecular weight is 367 g/mol. The number of benzene rings is 1. The number of halogens is 2. The predicted molar refractivity (Wildman–Crippen MR) is 93.8 cm³/mol. The lowest BCUT2D eigenvalue weighted by Crippen LogP contribution is -2.27. The number of carbonyl (C=O) groups is 2. The third-order valence-corrected chi connectivity index (χ3v) is 3.97. The molecule has 0 aliphatic carbocycles. The number of carbonyl (C=O) groups excluding carboxylic acids is 2. The van der Waals surface area contributed by atoms with Crippen LogP contribution in [-0.4, -0.2) is 21.6 Å². The van der Waals surface area contributed by atoms with Gasteiger partial charge >= 0.3 is 0 Å². The summed E-state index contributed by atoms with van der Waals surface area (Å²) in [5, 5.41) is 9.59. The molecule has 0 saturated carbocycles. The lowest BCUT2D eigenvalue weighted by Gasteiger charge is -2.13. The van der Waals surface area contributed by atoms with E-state index < -0.39 is 5.82 Å². The Morgan fingerprint density at radius 3 is 2.60 bits per heavy atom. The standard InChI is InChI=1S/C17H20ClFN4O2/c1-10(13-9-23(3)22-11(13)2)20-16(24)6-7-17(25)21-12-4-5-15(19)14(18)8-12/h4-5,8-10H,6-7H2,1-3H3,(H,20,24)(H,21,25)/t10-/m1/s1. The first-order valence-corrected chi connectivity index (χ1v) is 8.18. The Bertz CT molecular complexity index is 791. The van der Waals surface area contributed by atoms with Crippen LogP contribution in [0.25, 0.3) is 0 Å². The molecule has 0 aliphatic rings. The summed E-state index contributed by atoms with van der Waals surface area (Å²) in [5.41, 5.74) is 2.17. The number of nitrogens with one attached hydrogen (secondary N) is 2. The van der Waals surface area contributed by atoms with Crippen LogP contribution in [0.4, 0.5) is 10.1 Å². The molecular weight excluding hydrogens is 347 g/mol. The van der Waals surface area contributed by atoms with E-state index in [2.05, 4.69) is 15.7 Å². The van der Waals surface area contributed by atoms with Gasteiger partial charge in [0, 0.05) is 37.3 Å². The zero-order chi connectivity index (χ0) is 18.6. The molecule has 2 amide bonds. The van der Waals surface area contributed by atoms with Crippen LogP contribution >= 0.6 is 11.6 Å². The summed E-state index contributed by atoms with van der Waals surface area (Å²) in [5.74, 6) is -1.13. The fourth-order valence-electron chi connectivity index (χ4n) is 2.46. The number of amides is 2. The van der Waals surface area contributed by atoms with Crippen LogP contribution in [0.3, 0.4) is 0 Å². The highest BCUT2D eigenvalue weighted by atomic mass is 35.5. The van der Waals surface area contributed by atoms with Gasteiger partial charge in [0.2, 0.25) is 11.8 Å². The van der Waals surface area contributed by atoms with Gasteiger partial charge in [-0.05, 0) is 32.0 Å². The Kier molecular flexibility index (Phi) is 6.14. The minimum absolute atomic E-state index is 0.0135. The van der Waals surface area contributed by atoms with Crippen LogP contribution in [0.2, 0.25) is 5.02 Å². The van der Waals surface area contributed by atoms with E-state index in [1.165, 1.54) is 18.2 Å². The third kappa shape index (κ3) is 5.29. The molecule has 2 N–H and O–H groups in total. The van der Waals surface area contributed by atoms with Crippen molar-refractivity contribution < 1.29 is 14.0 Å². The van der Waals surface area contributed by atoms with Crippen molar-refractivity contribution in [2.24, 2.45) is 7.05 Å². The average Bonchev–Trinajstić information content (AvgIpc) is 2.87. The van der Waals surface area contributed by atoms with Gasteiger partial charge in [0.05, 0.1) is 16.8 Å². The molecule has 134 valence electrons. The number of aromatic nitrogens is 2. The Labute approximate surface area is 150 Å². The molecule has 6 nitrogen and oxygen atoms in total. The van der Waals surface area contributed by atoms with Gasteiger partial charge in [0.1, 0.15) is 5.82 Å². The van der Waals surface area contributed by atoms with Gasteiger partial charge in [-0.3, -0.25) is 14.3 Å². The van der Waals surface area contributed by atoms with Gasteiger partial charge in [-0.25, -0.2) is 4.39 Å².